The molecule has 18 atom stereocenters. The van der Waals surface area contributed by atoms with Crippen LogP contribution in [0.5, 0.6) is 0 Å². The van der Waals surface area contributed by atoms with Crippen LogP contribution in [-0.2, 0) is 47.5 Å². The Hall–Kier alpha value is -1.79. The highest BCUT2D eigenvalue weighted by atomic mass is 16.7. The largest absolute Gasteiger partial charge is 0.459 e. The highest BCUT2D eigenvalue weighted by Crippen LogP contribution is 2.41. The molecule has 3 saturated heterocycles. The van der Waals surface area contributed by atoms with E-state index in [1.807, 2.05) is 25.9 Å². The molecule has 0 bridgehead atoms. The summed E-state index contributed by atoms with van der Waals surface area (Å²) in [5.41, 5.74) is -4.93. The number of carbonyl (C=O) groups excluding carboxylic acids is 3. The molecule has 1 aliphatic carbocycles. The summed E-state index contributed by atoms with van der Waals surface area (Å²) in [6, 6.07) is -0.314. The number of carbonyl (C=O) groups is 3. The summed E-state index contributed by atoms with van der Waals surface area (Å²) in [5.74, 6) is -4.99. The molecule has 0 aromatic carbocycles. The zero-order chi connectivity index (χ0) is 45.1. The second-order valence-electron chi connectivity index (χ2n) is 19.6. The number of rotatable bonds is 11. The second-order valence-corrected chi connectivity index (χ2v) is 19.6. The Balaban J connectivity index is 1.82. The Labute approximate surface area is 358 Å². The zero-order valence-electron chi connectivity index (χ0n) is 38.6. The number of esters is 2. The maximum absolute atomic E-state index is 14.3. The monoisotopic (exact) mass is 858 g/mol. The third-order valence-electron chi connectivity index (χ3n) is 14.3. The molecular weight excluding hydrogens is 778 g/mol. The molecular formula is C45H79NO14. The van der Waals surface area contributed by atoms with Crippen LogP contribution in [0.3, 0.4) is 0 Å². The van der Waals surface area contributed by atoms with Gasteiger partial charge in [0.25, 0.3) is 0 Å². The molecule has 1 saturated carbocycles. The van der Waals surface area contributed by atoms with Crippen LogP contribution in [0.25, 0.3) is 0 Å². The van der Waals surface area contributed by atoms with Crippen LogP contribution in [0.1, 0.15) is 133 Å². The molecule has 4 aliphatic rings. The summed E-state index contributed by atoms with van der Waals surface area (Å²) < 4.78 is 44.4. The fourth-order valence-corrected chi connectivity index (χ4v) is 10.4. The van der Waals surface area contributed by atoms with E-state index in [2.05, 4.69) is 0 Å². The van der Waals surface area contributed by atoms with Gasteiger partial charge in [-0.15, -0.1) is 0 Å². The van der Waals surface area contributed by atoms with E-state index in [0.717, 1.165) is 32.1 Å². The van der Waals surface area contributed by atoms with Gasteiger partial charge in [-0.25, -0.2) is 0 Å². The molecule has 4 rings (SSSR count). The highest BCUT2D eigenvalue weighted by molar-refractivity contribution is 5.83. The van der Waals surface area contributed by atoms with Crippen molar-refractivity contribution in [2.24, 2.45) is 29.6 Å². The minimum Gasteiger partial charge on any atom is -0.459 e. The van der Waals surface area contributed by atoms with Gasteiger partial charge in [-0.2, -0.15) is 0 Å². The fourth-order valence-electron chi connectivity index (χ4n) is 10.4. The number of methoxy groups -OCH3 is 1. The normalized spacial score (nSPS) is 45.6. The van der Waals surface area contributed by atoms with Crippen LogP contribution in [0.2, 0.25) is 0 Å². The molecule has 3 aliphatic heterocycles. The predicted octanol–water partition coefficient (Wildman–Crippen LogP) is 4.31. The lowest BCUT2D eigenvalue weighted by atomic mass is 9.74. The Morgan fingerprint density at radius 1 is 0.883 bits per heavy atom. The number of ether oxygens (including phenoxy) is 7. The van der Waals surface area contributed by atoms with Crippen LogP contribution in [0.15, 0.2) is 0 Å². The summed E-state index contributed by atoms with van der Waals surface area (Å²) in [5, 5.41) is 46.9. The number of nitrogens with zero attached hydrogens (tertiary/aromatic N) is 1. The molecule has 348 valence electrons. The quantitative estimate of drug-likeness (QED) is 0.214. The van der Waals surface area contributed by atoms with E-state index in [0.29, 0.717) is 12.3 Å². The summed E-state index contributed by atoms with van der Waals surface area (Å²) in [6.45, 7) is 16.5. The standard InChI is InChI=1S/C45H79NO14/c1-14-32-45(10,53)38(49)26(4)35(48)24(2)22-43(8,52)40(27(5)36(28(6)41(51)57-32)59-34-23-44(9,54-13)39(50)29(7)56-34)60-42-37(31(46(11)12)21-25(3)55-42)58-33(47)20-19-30-17-15-16-18-30/h24-32,34,36-40,42,49-50,52-53H,14-23H2,1-13H3/t24-,25?,26+,27+,28+,29?,31?,32-,34?,36+,37?,38-,39?,40-,42?,43-,44?,45-/m1/s1. The molecule has 60 heavy (non-hydrogen) atoms. The van der Waals surface area contributed by atoms with E-state index in [4.69, 9.17) is 33.2 Å². The Morgan fingerprint density at radius 2 is 1.52 bits per heavy atom. The number of hydrogen-bond donors (Lipinski definition) is 4. The summed E-state index contributed by atoms with van der Waals surface area (Å²) >= 11 is 0. The van der Waals surface area contributed by atoms with E-state index >= 15 is 0 Å². The Kier molecular flexibility index (Phi) is 17.6. The first-order valence-corrected chi connectivity index (χ1v) is 22.5. The van der Waals surface area contributed by atoms with Gasteiger partial charge in [-0.3, -0.25) is 14.4 Å². The molecule has 0 spiro atoms. The average Bonchev–Trinajstić information content (AvgIpc) is 3.71. The van der Waals surface area contributed by atoms with Crippen molar-refractivity contribution >= 4 is 17.7 Å². The van der Waals surface area contributed by atoms with Crippen molar-refractivity contribution in [2.75, 3.05) is 21.2 Å². The first kappa shape index (κ1) is 50.9. The molecule has 3 heterocycles. The van der Waals surface area contributed by atoms with Gasteiger partial charge in [-0.05, 0) is 87.2 Å². The zero-order valence-corrected chi connectivity index (χ0v) is 38.6. The molecule has 0 radical (unpaired) electrons. The first-order valence-electron chi connectivity index (χ1n) is 22.5. The van der Waals surface area contributed by atoms with Gasteiger partial charge in [-0.1, -0.05) is 53.4 Å². The number of cyclic esters (lactones) is 1. The van der Waals surface area contributed by atoms with Crippen molar-refractivity contribution in [3.05, 3.63) is 0 Å². The van der Waals surface area contributed by atoms with Crippen molar-refractivity contribution < 1.29 is 68.0 Å². The van der Waals surface area contributed by atoms with E-state index in [-0.39, 0.29) is 43.8 Å². The molecule has 0 aromatic heterocycles. The van der Waals surface area contributed by atoms with Crippen molar-refractivity contribution in [1.29, 1.82) is 0 Å². The van der Waals surface area contributed by atoms with E-state index < -0.39 is 108 Å². The van der Waals surface area contributed by atoms with Gasteiger partial charge in [0.2, 0.25) is 0 Å². The molecule has 0 aromatic rings. The summed E-state index contributed by atoms with van der Waals surface area (Å²) in [6.07, 6.45) is -4.24. The lowest BCUT2D eigenvalue weighted by Gasteiger charge is -2.49. The maximum atomic E-state index is 14.3. The van der Waals surface area contributed by atoms with Gasteiger partial charge >= 0.3 is 11.9 Å². The smallest absolute Gasteiger partial charge is 0.311 e. The number of likely N-dealkylation sites (N-methyl/N-ethyl adjacent to an activating group) is 1. The number of ketones is 1. The van der Waals surface area contributed by atoms with Gasteiger partial charge in [0.15, 0.2) is 18.7 Å². The van der Waals surface area contributed by atoms with Gasteiger partial charge in [0, 0.05) is 37.7 Å². The van der Waals surface area contributed by atoms with Crippen LogP contribution in [0.4, 0.5) is 0 Å². The minimum absolute atomic E-state index is 0.0798. The number of aliphatic hydroxyl groups is 4. The molecule has 4 N–H and O–H groups in total. The van der Waals surface area contributed by atoms with Crippen LogP contribution in [-0.4, -0.2) is 149 Å². The van der Waals surface area contributed by atoms with Crippen molar-refractivity contribution in [2.45, 2.75) is 218 Å². The lowest BCUT2D eigenvalue weighted by molar-refractivity contribution is -0.319. The first-order chi connectivity index (χ1) is 27.9. The van der Waals surface area contributed by atoms with Gasteiger partial charge < -0.3 is 58.5 Å². The van der Waals surface area contributed by atoms with Crippen molar-refractivity contribution in [1.82, 2.24) is 4.90 Å². The minimum atomic E-state index is -2.01. The van der Waals surface area contributed by atoms with Crippen LogP contribution in [0, 0.1) is 29.6 Å². The summed E-state index contributed by atoms with van der Waals surface area (Å²) in [7, 11) is 5.29. The molecule has 15 heteroatoms. The second kappa shape index (κ2) is 20.8. The summed E-state index contributed by atoms with van der Waals surface area (Å²) in [4.78, 5) is 44.0. The number of Topliss-reactive ketones (excluding diaryl/α,β-unsaturated/α-hetero) is 1. The fraction of sp³-hybridized carbons (Fsp3) is 0.933. The number of aliphatic hydroxyl groups excluding tert-OH is 2. The third-order valence-corrected chi connectivity index (χ3v) is 14.3. The average molecular weight is 858 g/mol. The maximum Gasteiger partial charge on any atom is 0.311 e. The van der Waals surface area contributed by atoms with Crippen LogP contribution >= 0.6 is 0 Å². The van der Waals surface area contributed by atoms with Crippen molar-refractivity contribution in [3.8, 4) is 0 Å². The molecule has 15 nitrogen and oxygen atoms in total. The SMILES string of the molecule is CC[C@H]1OC(=O)[C@@H](C)[C@@H](OC2CC(C)(OC)C(O)C(C)O2)[C@H](C)[C@@H](OC2OC(C)CC(N(C)C)C2OC(=O)CCC2CCCC2)[C@](C)(O)C[C@@H](C)C(=O)[C@H](C)[C@@H](O)[C@]1(C)O. The van der Waals surface area contributed by atoms with Gasteiger partial charge in [0.05, 0.1) is 53.7 Å². The number of hydrogen-bond acceptors (Lipinski definition) is 15. The van der Waals surface area contributed by atoms with E-state index in [1.165, 1.54) is 21.0 Å². The van der Waals surface area contributed by atoms with E-state index in [1.54, 1.807) is 48.5 Å². The molecule has 4 fully saturated rings. The Bertz CT molecular complexity index is 1420. The topological polar surface area (TPSA) is 200 Å². The highest BCUT2D eigenvalue weighted by Gasteiger charge is 2.54. The van der Waals surface area contributed by atoms with E-state index in [9.17, 15) is 34.8 Å². The van der Waals surface area contributed by atoms with Gasteiger partial charge in [0.1, 0.15) is 23.6 Å². The third kappa shape index (κ3) is 11.7. The molecule has 8 unspecified atom stereocenters. The van der Waals surface area contributed by atoms with Crippen LogP contribution < -0.4 is 0 Å². The van der Waals surface area contributed by atoms with Crippen molar-refractivity contribution in [3.63, 3.8) is 0 Å². The molecule has 0 amide bonds. The predicted molar refractivity (Wildman–Crippen MR) is 221 cm³/mol. The Morgan fingerprint density at radius 3 is 2.10 bits per heavy atom. The lowest BCUT2D eigenvalue weighted by Crippen LogP contribution is -2.61.